The lowest BCUT2D eigenvalue weighted by Crippen LogP contribution is -2.45. The number of phenolic OH excluding ortho intramolecular Hbond substituents is 1. The number of hydrogen-bond donors (Lipinski definition) is 2. The fourth-order valence-electron chi connectivity index (χ4n) is 3.65. The van der Waals surface area contributed by atoms with Crippen LogP contribution < -0.4 is 5.32 Å². The molecule has 1 amide bonds. The van der Waals surface area contributed by atoms with Crippen molar-refractivity contribution in [1.29, 1.82) is 0 Å². The van der Waals surface area contributed by atoms with Crippen molar-refractivity contribution in [2.75, 3.05) is 33.2 Å². The van der Waals surface area contributed by atoms with Crippen LogP contribution in [0.2, 0.25) is 0 Å². The molecular weight excluding hydrogens is 340 g/mol. The number of amides is 1. The highest BCUT2D eigenvalue weighted by Gasteiger charge is 2.18. The summed E-state index contributed by atoms with van der Waals surface area (Å²) in [4.78, 5) is 20.8. The van der Waals surface area contributed by atoms with Crippen molar-refractivity contribution >= 4 is 11.9 Å². The molecule has 0 saturated carbocycles. The molecule has 2 rings (SSSR count). The second kappa shape index (κ2) is 10.2. The molecule has 0 radical (unpaired) electrons. The predicted molar refractivity (Wildman–Crippen MR) is 110 cm³/mol. The number of rotatable bonds is 7. The topological polar surface area (TPSA) is 68.2 Å². The number of guanidine groups is 1. The van der Waals surface area contributed by atoms with E-state index < -0.39 is 0 Å². The van der Waals surface area contributed by atoms with Crippen molar-refractivity contribution in [3.05, 3.63) is 28.8 Å². The predicted octanol–water partition coefficient (Wildman–Crippen LogP) is 2.54. The number of fused-ring (bicyclic) bond motifs is 1. The number of nitrogens with zero attached hydrogens (tertiary/aromatic N) is 3. The fraction of sp³-hybridized carbons (Fsp3) is 0.619. The lowest BCUT2D eigenvalue weighted by Gasteiger charge is -2.26. The van der Waals surface area contributed by atoms with Crippen LogP contribution >= 0.6 is 0 Å². The molecule has 0 atom stereocenters. The van der Waals surface area contributed by atoms with Crippen LogP contribution in [-0.2, 0) is 24.2 Å². The van der Waals surface area contributed by atoms with E-state index in [9.17, 15) is 9.90 Å². The van der Waals surface area contributed by atoms with Gasteiger partial charge in [0.1, 0.15) is 5.75 Å². The standard InChI is InChI=1S/C21H34N4O2/c1-5-22-21(24(4)15-20(27)25(6-2)7-3)23-14-18-17-11-9-8-10-16(17)12-13-19(18)26/h12-13,26H,5-11,14-15H2,1-4H3,(H,22,23). The average Bonchev–Trinajstić information content (AvgIpc) is 2.67. The van der Waals surface area contributed by atoms with Crippen molar-refractivity contribution in [3.63, 3.8) is 0 Å². The molecule has 0 unspecified atom stereocenters. The maximum Gasteiger partial charge on any atom is 0.242 e. The summed E-state index contributed by atoms with van der Waals surface area (Å²) in [6.07, 6.45) is 4.44. The van der Waals surface area contributed by atoms with Gasteiger partial charge in [0.15, 0.2) is 5.96 Å². The molecule has 6 heteroatoms. The Morgan fingerprint density at radius 3 is 2.56 bits per heavy atom. The Kier molecular flexibility index (Phi) is 7.95. The van der Waals surface area contributed by atoms with E-state index in [1.54, 1.807) is 6.07 Å². The Morgan fingerprint density at radius 2 is 1.89 bits per heavy atom. The summed E-state index contributed by atoms with van der Waals surface area (Å²) >= 11 is 0. The van der Waals surface area contributed by atoms with Gasteiger partial charge in [-0.25, -0.2) is 4.99 Å². The molecule has 2 N–H and O–H groups in total. The Labute approximate surface area is 163 Å². The van der Waals surface area contributed by atoms with E-state index in [0.717, 1.165) is 31.4 Å². The second-order valence-electron chi connectivity index (χ2n) is 7.00. The minimum absolute atomic E-state index is 0.0908. The summed E-state index contributed by atoms with van der Waals surface area (Å²) in [5.74, 6) is 1.09. The third kappa shape index (κ3) is 5.37. The Bertz CT molecular complexity index is 668. The minimum atomic E-state index is 0.0908. The summed E-state index contributed by atoms with van der Waals surface area (Å²) in [6, 6.07) is 3.83. The third-order valence-corrected chi connectivity index (χ3v) is 5.20. The SMILES string of the molecule is CCNC(=NCc1c(O)ccc2c1CCCC2)N(C)CC(=O)N(CC)CC. The quantitative estimate of drug-likeness (QED) is 0.568. The molecule has 0 bridgehead atoms. The van der Waals surface area contributed by atoms with Gasteiger partial charge in [-0.1, -0.05) is 6.07 Å². The number of carbonyl (C=O) groups excluding carboxylic acids is 1. The van der Waals surface area contributed by atoms with Gasteiger partial charge in [-0.15, -0.1) is 0 Å². The lowest BCUT2D eigenvalue weighted by atomic mass is 9.88. The van der Waals surface area contributed by atoms with Crippen LogP contribution in [0, 0.1) is 0 Å². The number of benzene rings is 1. The Balaban J connectivity index is 2.17. The Hall–Kier alpha value is -2.24. The van der Waals surface area contributed by atoms with Crippen molar-refractivity contribution < 1.29 is 9.90 Å². The van der Waals surface area contributed by atoms with Gasteiger partial charge in [0.05, 0.1) is 13.1 Å². The molecule has 27 heavy (non-hydrogen) atoms. The van der Waals surface area contributed by atoms with Crippen LogP contribution in [0.5, 0.6) is 5.75 Å². The fourth-order valence-corrected chi connectivity index (χ4v) is 3.65. The Morgan fingerprint density at radius 1 is 1.19 bits per heavy atom. The van der Waals surface area contributed by atoms with E-state index in [0.29, 0.717) is 31.3 Å². The smallest absolute Gasteiger partial charge is 0.242 e. The highest BCUT2D eigenvalue weighted by molar-refractivity contribution is 5.86. The van der Waals surface area contributed by atoms with Crippen LogP contribution in [0.25, 0.3) is 0 Å². The molecule has 1 aliphatic carbocycles. The van der Waals surface area contributed by atoms with Crippen LogP contribution in [0.3, 0.4) is 0 Å². The van der Waals surface area contributed by atoms with E-state index in [1.165, 1.54) is 17.5 Å². The van der Waals surface area contributed by atoms with Crippen molar-refractivity contribution in [3.8, 4) is 5.75 Å². The maximum absolute atomic E-state index is 12.4. The molecule has 0 heterocycles. The largest absolute Gasteiger partial charge is 0.508 e. The maximum atomic E-state index is 12.4. The molecule has 0 spiro atoms. The number of hydrogen-bond acceptors (Lipinski definition) is 3. The third-order valence-electron chi connectivity index (χ3n) is 5.20. The number of likely N-dealkylation sites (N-methyl/N-ethyl adjacent to an activating group) is 2. The molecule has 150 valence electrons. The highest BCUT2D eigenvalue weighted by atomic mass is 16.3. The number of aromatic hydroxyl groups is 1. The summed E-state index contributed by atoms with van der Waals surface area (Å²) < 4.78 is 0. The van der Waals surface area contributed by atoms with E-state index >= 15 is 0 Å². The molecule has 1 aromatic carbocycles. The molecule has 0 fully saturated rings. The molecule has 0 aromatic heterocycles. The number of aryl methyl sites for hydroxylation is 1. The molecular formula is C21H34N4O2. The highest BCUT2D eigenvalue weighted by Crippen LogP contribution is 2.31. The first-order valence-corrected chi connectivity index (χ1v) is 10.1. The van der Waals surface area contributed by atoms with Crippen LogP contribution in [0.1, 0.15) is 50.3 Å². The summed E-state index contributed by atoms with van der Waals surface area (Å²) in [5.41, 5.74) is 3.51. The molecule has 1 aliphatic rings. The minimum Gasteiger partial charge on any atom is -0.508 e. The lowest BCUT2D eigenvalue weighted by molar-refractivity contribution is -0.131. The number of aliphatic imine (C=N–C) groups is 1. The number of phenols is 1. The summed E-state index contributed by atoms with van der Waals surface area (Å²) in [7, 11) is 1.88. The van der Waals surface area contributed by atoms with Crippen LogP contribution in [0.4, 0.5) is 0 Å². The molecule has 0 saturated heterocycles. The van der Waals surface area contributed by atoms with Gasteiger partial charge in [-0.05, 0) is 63.6 Å². The summed E-state index contributed by atoms with van der Waals surface area (Å²) in [5, 5.41) is 13.6. The van der Waals surface area contributed by atoms with E-state index in [2.05, 4.69) is 5.32 Å². The van der Waals surface area contributed by atoms with Crippen molar-refractivity contribution in [2.45, 2.75) is 53.0 Å². The zero-order chi connectivity index (χ0) is 19.8. The van der Waals surface area contributed by atoms with E-state index in [-0.39, 0.29) is 12.5 Å². The second-order valence-corrected chi connectivity index (χ2v) is 7.00. The van der Waals surface area contributed by atoms with Crippen molar-refractivity contribution in [2.24, 2.45) is 4.99 Å². The van der Waals surface area contributed by atoms with Gasteiger partial charge in [0.25, 0.3) is 0 Å². The number of carbonyl (C=O) groups is 1. The van der Waals surface area contributed by atoms with Gasteiger partial charge >= 0.3 is 0 Å². The zero-order valence-corrected chi connectivity index (χ0v) is 17.2. The number of nitrogens with one attached hydrogen (secondary N) is 1. The van der Waals surface area contributed by atoms with Gasteiger partial charge < -0.3 is 20.2 Å². The first-order chi connectivity index (χ1) is 13.0. The zero-order valence-electron chi connectivity index (χ0n) is 17.2. The van der Waals surface area contributed by atoms with Crippen molar-refractivity contribution in [1.82, 2.24) is 15.1 Å². The average molecular weight is 375 g/mol. The van der Waals surface area contributed by atoms with Gasteiger partial charge in [-0.2, -0.15) is 0 Å². The molecule has 6 nitrogen and oxygen atoms in total. The molecule has 1 aromatic rings. The van der Waals surface area contributed by atoms with Crippen LogP contribution in [-0.4, -0.2) is 60.0 Å². The first-order valence-electron chi connectivity index (χ1n) is 10.1. The summed E-state index contributed by atoms with van der Waals surface area (Å²) in [6.45, 7) is 8.83. The van der Waals surface area contributed by atoms with E-state index in [1.807, 2.05) is 43.7 Å². The van der Waals surface area contributed by atoms with Crippen LogP contribution in [0.15, 0.2) is 17.1 Å². The normalized spacial score (nSPS) is 13.9. The van der Waals surface area contributed by atoms with Gasteiger partial charge in [0.2, 0.25) is 5.91 Å². The monoisotopic (exact) mass is 374 g/mol. The molecule has 0 aliphatic heterocycles. The van der Waals surface area contributed by atoms with Gasteiger partial charge in [-0.3, -0.25) is 4.79 Å². The first kappa shape index (κ1) is 21.1. The van der Waals surface area contributed by atoms with E-state index in [4.69, 9.17) is 4.99 Å². The van der Waals surface area contributed by atoms with Gasteiger partial charge in [0, 0.05) is 32.2 Å².